The molecule has 0 radical (unpaired) electrons. The van der Waals surface area contributed by atoms with Gasteiger partial charge >= 0.3 is 0 Å². The van der Waals surface area contributed by atoms with E-state index in [1.54, 1.807) is 28.0 Å². The molecule has 0 atom stereocenters. The maximum absolute atomic E-state index is 12.8. The molecule has 0 aliphatic heterocycles. The summed E-state index contributed by atoms with van der Waals surface area (Å²) in [5.41, 5.74) is 1.48. The topological polar surface area (TPSA) is 22.0 Å². The SMILES string of the molecule is O=C(c1ccccc1Cl)n1ccc2sc3ccccc3c21. The fraction of sp³-hybridized carbons (Fsp3) is 0. The van der Waals surface area contributed by atoms with Crippen LogP contribution in [-0.4, -0.2) is 10.5 Å². The molecule has 2 heterocycles. The van der Waals surface area contributed by atoms with Crippen LogP contribution in [0.15, 0.2) is 60.8 Å². The van der Waals surface area contributed by atoms with E-state index in [0.29, 0.717) is 10.6 Å². The van der Waals surface area contributed by atoms with Crippen LogP contribution in [0, 0.1) is 0 Å². The highest BCUT2D eigenvalue weighted by Gasteiger charge is 2.17. The molecule has 0 unspecified atom stereocenters. The first-order chi connectivity index (χ1) is 10.3. The Bertz CT molecular complexity index is 983. The number of rotatable bonds is 1. The highest BCUT2D eigenvalue weighted by molar-refractivity contribution is 7.25. The summed E-state index contributed by atoms with van der Waals surface area (Å²) < 4.78 is 3.98. The van der Waals surface area contributed by atoms with E-state index in [1.165, 1.54) is 4.70 Å². The Morgan fingerprint density at radius 3 is 2.57 bits per heavy atom. The molecule has 2 nitrogen and oxygen atoms in total. The first kappa shape index (κ1) is 12.6. The van der Waals surface area contributed by atoms with Gasteiger partial charge in [0.05, 0.1) is 20.8 Å². The highest BCUT2D eigenvalue weighted by Crippen LogP contribution is 2.34. The molecule has 0 N–H and O–H groups in total. The lowest BCUT2D eigenvalue weighted by Gasteiger charge is -2.05. The second-order valence-electron chi connectivity index (χ2n) is 4.78. The molecule has 0 spiro atoms. The number of aromatic nitrogens is 1. The maximum atomic E-state index is 12.8. The van der Waals surface area contributed by atoms with Crippen molar-refractivity contribution in [3.8, 4) is 0 Å². The van der Waals surface area contributed by atoms with Gasteiger partial charge in [0.15, 0.2) is 0 Å². The lowest BCUT2D eigenvalue weighted by Crippen LogP contribution is -2.10. The van der Waals surface area contributed by atoms with Gasteiger partial charge in [0.25, 0.3) is 5.91 Å². The third-order valence-corrected chi connectivity index (χ3v) is 4.99. The molecule has 4 heteroatoms. The van der Waals surface area contributed by atoms with E-state index in [9.17, 15) is 4.79 Å². The molecule has 0 amide bonds. The number of hydrogen-bond donors (Lipinski definition) is 0. The predicted octanol–water partition coefficient (Wildman–Crippen LogP) is 5.20. The van der Waals surface area contributed by atoms with Crippen LogP contribution in [0.5, 0.6) is 0 Å². The highest BCUT2D eigenvalue weighted by atomic mass is 35.5. The molecule has 102 valence electrons. The minimum absolute atomic E-state index is 0.0980. The van der Waals surface area contributed by atoms with Crippen molar-refractivity contribution in [1.29, 1.82) is 0 Å². The van der Waals surface area contributed by atoms with Crippen LogP contribution in [-0.2, 0) is 0 Å². The van der Waals surface area contributed by atoms with E-state index in [1.807, 2.05) is 42.6 Å². The van der Waals surface area contributed by atoms with Crippen molar-refractivity contribution in [3.05, 3.63) is 71.4 Å². The van der Waals surface area contributed by atoms with Gasteiger partial charge in [0.2, 0.25) is 0 Å². The average Bonchev–Trinajstić information content (AvgIpc) is 3.06. The monoisotopic (exact) mass is 311 g/mol. The van der Waals surface area contributed by atoms with Gasteiger partial charge in [-0.2, -0.15) is 0 Å². The van der Waals surface area contributed by atoms with Crippen LogP contribution in [0.4, 0.5) is 0 Å². The fourth-order valence-electron chi connectivity index (χ4n) is 2.56. The summed E-state index contributed by atoms with van der Waals surface area (Å²) in [4.78, 5) is 12.8. The summed E-state index contributed by atoms with van der Waals surface area (Å²) in [5.74, 6) is -0.0980. The largest absolute Gasteiger partial charge is 0.282 e. The van der Waals surface area contributed by atoms with Gasteiger partial charge in [-0.3, -0.25) is 9.36 Å². The van der Waals surface area contributed by atoms with E-state index in [4.69, 9.17) is 11.6 Å². The maximum Gasteiger partial charge on any atom is 0.263 e. The van der Waals surface area contributed by atoms with Gasteiger partial charge in [-0.05, 0) is 24.3 Å². The van der Waals surface area contributed by atoms with Crippen molar-refractivity contribution in [2.75, 3.05) is 0 Å². The van der Waals surface area contributed by atoms with Gasteiger partial charge in [0.1, 0.15) is 0 Å². The van der Waals surface area contributed by atoms with Crippen LogP contribution in [0.3, 0.4) is 0 Å². The zero-order chi connectivity index (χ0) is 14.4. The Morgan fingerprint density at radius 1 is 0.952 bits per heavy atom. The molecule has 2 aromatic carbocycles. The van der Waals surface area contributed by atoms with Crippen molar-refractivity contribution in [1.82, 2.24) is 4.57 Å². The van der Waals surface area contributed by atoms with Crippen LogP contribution in [0.1, 0.15) is 10.4 Å². The lowest BCUT2D eigenvalue weighted by molar-refractivity contribution is 0.0965. The van der Waals surface area contributed by atoms with E-state index < -0.39 is 0 Å². The molecule has 0 saturated carbocycles. The van der Waals surface area contributed by atoms with Crippen LogP contribution < -0.4 is 0 Å². The number of carbonyl (C=O) groups excluding carboxylic acids is 1. The number of hydrogen-bond acceptors (Lipinski definition) is 2. The third-order valence-electron chi connectivity index (χ3n) is 3.53. The Balaban J connectivity index is 1.98. The summed E-state index contributed by atoms with van der Waals surface area (Å²) in [5, 5.41) is 1.58. The summed E-state index contributed by atoms with van der Waals surface area (Å²) in [6, 6.07) is 17.2. The zero-order valence-corrected chi connectivity index (χ0v) is 12.5. The molecular formula is C17H10ClNOS. The normalized spacial score (nSPS) is 11.3. The van der Waals surface area contributed by atoms with Gasteiger partial charge in [-0.1, -0.05) is 41.9 Å². The minimum Gasteiger partial charge on any atom is -0.282 e. The minimum atomic E-state index is -0.0980. The number of thiophene rings is 1. The summed E-state index contributed by atoms with van der Waals surface area (Å²) >= 11 is 7.84. The molecule has 0 bridgehead atoms. The van der Waals surface area contributed by atoms with Gasteiger partial charge in [0, 0.05) is 16.3 Å². The number of carbonyl (C=O) groups is 1. The molecule has 0 aliphatic rings. The van der Waals surface area contributed by atoms with Gasteiger partial charge in [-0.15, -0.1) is 11.3 Å². The smallest absolute Gasteiger partial charge is 0.263 e. The van der Waals surface area contributed by atoms with E-state index >= 15 is 0 Å². The molecule has 0 aliphatic carbocycles. The molecule has 21 heavy (non-hydrogen) atoms. The van der Waals surface area contributed by atoms with Crippen molar-refractivity contribution >= 4 is 49.1 Å². The van der Waals surface area contributed by atoms with Gasteiger partial charge in [-0.25, -0.2) is 0 Å². The number of fused-ring (bicyclic) bond motifs is 3. The Morgan fingerprint density at radius 2 is 1.71 bits per heavy atom. The standard InChI is InChI=1S/C17H10ClNOS/c18-13-7-3-1-5-11(13)17(20)19-10-9-15-16(19)12-6-2-4-8-14(12)21-15/h1-10H. The Hall–Kier alpha value is -2.10. The molecule has 4 aromatic rings. The van der Waals surface area contributed by atoms with E-state index in [-0.39, 0.29) is 5.91 Å². The number of benzene rings is 2. The first-order valence-corrected chi connectivity index (χ1v) is 7.73. The quantitative estimate of drug-likeness (QED) is 0.473. The molecule has 4 rings (SSSR count). The number of nitrogens with zero attached hydrogens (tertiary/aromatic N) is 1. The van der Waals surface area contributed by atoms with Crippen LogP contribution >= 0.6 is 22.9 Å². The van der Waals surface area contributed by atoms with Crippen molar-refractivity contribution in [2.24, 2.45) is 0 Å². The van der Waals surface area contributed by atoms with E-state index in [2.05, 4.69) is 6.07 Å². The van der Waals surface area contributed by atoms with Crippen LogP contribution in [0.2, 0.25) is 5.02 Å². The average molecular weight is 312 g/mol. The van der Waals surface area contributed by atoms with Gasteiger partial charge < -0.3 is 0 Å². The van der Waals surface area contributed by atoms with E-state index in [0.717, 1.165) is 15.6 Å². The predicted molar refractivity (Wildman–Crippen MR) is 88.5 cm³/mol. The second kappa shape index (κ2) is 4.72. The summed E-state index contributed by atoms with van der Waals surface area (Å²) in [7, 11) is 0. The summed E-state index contributed by atoms with van der Waals surface area (Å²) in [6.07, 6.45) is 1.82. The fourth-order valence-corrected chi connectivity index (χ4v) is 3.87. The molecule has 0 saturated heterocycles. The van der Waals surface area contributed by atoms with Crippen molar-refractivity contribution in [2.45, 2.75) is 0 Å². The Kier molecular flexibility index (Phi) is 2.84. The molecular weight excluding hydrogens is 302 g/mol. The second-order valence-corrected chi connectivity index (χ2v) is 6.27. The first-order valence-electron chi connectivity index (χ1n) is 6.53. The third kappa shape index (κ3) is 1.89. The lowest BCUT2D eigenvalue weighted by atomic mass is 10.2. The van der Waals surface area contributed by atoms with Crippen molar-refractivity contribution in [3.63, 3.8) is 0 Å². The van der Waals surface area contributed by atoms with Crippen LogP contribution in [0.25, 0.3) is 20.3 Å². The Labute approximate surface area is 130 Å². The molecule has 0 fully saturated rings. The summed E-state index contributed by atoms with van der Waals surface area (Å²) in [6.45, 7) is 0. The number of halogens is 1. The van der Waals surface area contributed by atoms with Crippen molar-refractivity contribution < 1.29 is 4.79 Å². The molecule has 2 aromatic heterocycles. The zero-order valence-electron chi connectivity index (χ0n) is 10.9.